The van der Waals surface area contributed by atoms with E-state index in [4.69, 9.17) is 0 Å². The van der Waals surface area contributed by atoms with Gasteiger partial charge in [-0.05, 0) is 37.2 Å². The Kier molecular flexibility index (Phi) is 2.96. The van der Waals surface area contributed by atoms with Crippen molar-refractivity contribution in [3.05, 3.63) is 28.7 Å². The molecule has 0 radical (unpaired) electrons. The predicted molar refractivity (Wildman–Crippen MR) is 80.6 cm³/mol. The van der Waals surface area contributed by atoms with Gasteiger partial charge in [0.05, 0.1) is 10.8 Å². The van der Waals surface area contributed by atoms with Crippen LogP contribution in [0, 0.1) is 11.8 Å². The molecule has 0 amide bonds. The summed E-state index contributed by atoms with van der Waals surface area (Å²) in [6.45, 7) is 0. The van der Waals surface area contributed by atoms with Crippen LogP contribution in [-0.4, -0.2) is 25.0 Å². The number of nitrogens with zero attached hydrogens (tertiary/aromatic N) is 3. The van der Waals surface area contributed by atoms with Crippen molar-refractivity contribution in [1.29, 1.82) is 0 Å². The van der Waals surface area contributed by atoms with Crippen LogP contribution >= 0.6 is 0 Å². The van der Waals surface area contributed by atoms with E-state index in [1.54, 1.807) is 24.6 Å². The summed E-state index contributed by atoms with van der Waals surface area (Å²) in [4.78, 5) is 20.9. The topological polar surface area (TPSA) is 64.8 Å². The largest absolute Gasteiger partial charge is 0.289 e. The molecule has 2 saturated carbocycles. The minimum atomic E-state index is -1.24. The lowest BCUT2D eigenvalue weighted by Gasteiger charge is -2.25. The van der Waals surface area contributed by atoms with E-state index in [9.17, 15) is 9.00 Å². The van der Waals surface area contributed by atoms with Gasteiger partial charge in [0.2, 0.25) is 5.16 Å². The molecule has 4 atom stereocenters. The normalized spacial score (nSPS) is 29.1. The molecular formula is C15H17N3O2S. The smallest absolute Gasteiger partial charge is 0.252 e. The highest BCUT2D eigenvalue weighted by Gasteiger charge is 2.41. The van der Waals surface area contributed by atoms with Crippen LogP contribution in [-0.2, 0) is 10.8 Å². The third-order valence-electron chi connectivity index (χ3n) is 4.93. The molecule has 110 valence electrons. The molecule has 0 aliphatic heterocycles. The van der Waals surface area contributed by atoms with Gasteiger partial charge in [0.25, 0.3) is 5.56 Å². The number of pyridine rings is 1. The van der Waals surface area contributed by atoms with E-state index in [1.807, 2.05) is 4.57 Å². The zero-order valence-electron chi connectivity index (χ0n) is 11.9. The zero-order chi connectivity index (χ0) is 14.6. The Morgan fingerprint density at radius 1 is 1.29 bits per heavy atom. The standard InChI is InChI=1S/C15H17N3O2S/c1-21(20)15-16-8-11-4-5-13(19)18(14(11)17-15)12-7-9-2-3-10(12)6-9/h4-5,8-10,12H,2-3,6-7H2,1H3. The Morgan fingerprint density at radius 3 is 2.81 bits per heavy atom. The lowest BCUT2D eigenvalue weighted by atomic mass is 9.95. The van der Waals surface area contributed by atoms with Crippen molar-refractivity contribution in [1.82, 2.24) is 14.5 Å². The van der Waals surface area contributed by atoms with E-state index >= 15 is 0 Å². The van der Waals surface area contributed by atoms with E-state index in [0.29, 0.717) is 16.7 Å². The third-order valence-corrected chi connectivity index (χ3v) is 5.65. The first kappa shape index (κ1) is 13.1. The van der Waals surface area contributed by atoms with E-state index in [1.165, 1.54) is 19.3 Å². The molecule has 2 bridgehead atoms. The molecule has 6 heteroatoms. The summed E-state index contributed by atoms with van der Waals surface area (Å²) in [7, 11) is -1.24. The lowest BCUT2D eigenvalue weighted by molar-refractivity contribution is 0.329. The van der Waals surface area contributed by atoms with Gasteiger partial charge in [-0.25, -0.2) is 9.97 Å². The first-order chi connectivity index (χ1) is 10.1. The van der Waals surface area contributed by atoms with Gasteiger partial charge >= 0.3 is 0 Å². The zero-order valence-corrected chi connectivity index (χ0v) is 12.7. The Bertz CT molecular complexity index is 801. The Balaban J connectivity index is 1.94. The first-order valence-electron chi connectivity index (χ1n) is 7.35. The molecule has 4 unspecified atom stereocenters. The molecule has 21 heavy (non-hydrogen) atoms. The number of fused-ring (bicyclic) bond motifs is 3. The fourth-order valence-electron chi connectivity index (χ4n) is 4.01. The minimum absolute atomic E-state index is 0.00779. The van der Waals surface area contributed by atoms with Crippen molar-refractivity contribution in [3.63, 3.8) is 0 Å². The van der Waals surface area contributed by atoms with E-state index < -0.39 is 10.8 Å². The second-order valence-electron chi connectivity index (χ2n) is 6.17. The second kappa shape index (κ2) is 4.73. The average Bonchev–Trinajstić information content (AvgIpc) is 3.09. The van der Waals surface area contributed by atoms with Crippen molar-refractivity contribution in [2.45, 2.75) is 36.9 Å². The van der Waals surface area contributed by atoms with Crippen LogP contribution < -0.4 is 5.56 Å². The van der Waals surface area contributed by atoms with Gasteiger partial charge in [-0.2, -0.15) is 0 Å². The number of aromatic nitrogens is 3. The van der Waals surface area contributed by atoms with Crippen LogP contribution in [0.25, 0.3) is 11.0 Å². The Labute approximate surface area is 124 Å². The second-order valence-corrected chi connectivity index (χ2v) is 7.44. The van der Waals surface area contributed by atoms with E-state index in [0.717, 1.165) is 17.7 Å². The SMILES string of the molecule is CS(=O)c1ncc2ccc(=O)n(C3CC4CCC3C4)c2n1. The molecule has 2 heterocycles. The molecule has 0 saturated heterocycles. The van der Waals surface area contributed by atoms with Gasteiger partial charge in [-0.3, -0.25) is 13.6 Å². The summed E-state index contributed by atoms with van der Waals surface area (Å²) >= 11 is 0. The van der Waals surface area contributed by atoms with Gasteiger partial charge in [0, 0.05) is 29.9 Å². The summed E-state index contributed by atoms with van der Waals surface area (Å²) < 4.78 is 13.5. The molecule has 2 aliphatic carbocycles. The first-order valence-corrected chi connectivity index (χ1v) is 8.91. The number of hydrogen-bond acceptors (Lipinski definition) is 4. The lowest BCUT2D eigenvalue weighted by Crippen LogP contribution is -2.28. The Hall–Kier alpha value is -1.56. The molecule has 0 N–H and O–H groups in total. The van der Waals surface area contributed by atoms with E-state index in [-0.39, 0.29) is 11.6 Å². The molecule has 2 fully saturated rings. The maximum absolute atomic E-state index is 12.4. The van der Waals surface area contributed by atoms with Crippen molar-refractivity contribution in [2.75, 3.05) is 6.26 Å². The number of hydrogen-bond donors (Lipinski definition) is 0. The Morgan fingerprint density at radius 2 is 2.14 bits per heavy atom. The molecular weight excluding hydrogens is 286 g/mol. The fourth-order valence-corrected chi connectivity index (χ4v) is 4.43. The van der Waals surface area contributed by atoms with Crippen LogP contribution in [0.4, 0.5) is 0 Å². The molecule has 2 aliphatic rings. The molecule has 2 aromatic rings. The van der Waals surface area contributed by atoms with Gasteiger partial charge in [-0.15, -0.1) is 0 Å². The third kappa shape index (κ3) is 2.04. The molecule has 5 nitrogen and oxygen atoms in total. The summed E-state index contributed by atoms with van der Waals surface area (Å²) in [6.07, 6.45) is 8.02. The highest BCUT2D eigenvalue weighted by molar-refractivity contribution is 7.84. The van der Waals surface area contributed by atoms with Crippen molar-refractivity contribution in [3.8, 4) is 0 Å². The summed E-state index contributed by atoms with van der Waals surface area (Å²) in [6, 6.07) is 3.59. The van der Waals surface area contributed by atoms with Gasteiger partial charge in [0.15, 0.2) is 0 Å². The van der Waals surface area contributed by atoms with E-state index in [2.05, 4.69) is 9.97 Å². The van der Waals surface area contributed by atoms with Gasteiger partial charge in [0.1, 0.15) is 5.65 Å². The predicted octanol–water partition coefficient (Wildman–Crippen LogP) is 1.89. The summed E-state index contributed by atoms with van der Waals surface area (Å²) in [5.74, 6) is 1.34. The highest BCUT2D eigenvalue weighted by atomic mass is 32.2. The maximum Gasteiger partial charge on any atom is 0.252 e. The summed E-state index contributed by atoms with van der Waals surface area (Å²) in [5, 5.41) is 1.14. The van der Waals surface area contributed by atoms with Gasteiger partial charge in [-0.1, -0.05) is 6.42 Å². The molecule has 0 aromatic carbocycles. The van der Waals surface area contributed by atoms with Crippen molar-refractivity contribution >= 4 is 21.8 Å². The monoisotopic (exact) mass is 303 g/mol. The highest BCUT2D eigenvalue weighted by Crippen LogP contribution is 2.50. The van der Waals surface area contributed by atoms with Crippen molar-refractivity contribution < 1.29 is 4.21 Å². The fraction of sp³-hybridized carbons (Fsp3) is 0.533. The van der Waals surface area contributed by atoms with Crippen LogP contribution in [0.5, 0.6) is 0 Å². The van der Waals surface area contributed by atoms with Crippen LogP contribution in [0.1, 0.15) is 31.7 Å². The molecule has 2 aromatic heterocycles. The van der Waals surface area contributed by atoms with Gasteiger partial charge < -0.3 is 0 Å². The van der Waals surface area contributed by atoms with Crippen LogP contribution in [0.15, 0.2) is 28.3 Å². The van der Waals surface area contributed by atoms with Crippen LogP contribution in [0.3, 0.4) is 0 Å². The maximum atomic E-state index is 12.4. The van der Waals surface area contributed by atoms with Crippen LogP contribution in [0.2, 0.25) is 0 Å². The average molecular weight is 303 g/mol. The molecule has 0 spiro atoms. The summed E-state index contributed by atoms with van der Waals surface area (Å²) in [5.41, 5.74) is 0.631. The molecule has 4 rings (SSSR count). The quantitative estimate of drug-likeness (QED) is 0.795. The van der Waals surface area contributed by atoms with Crippen molar-refractivity contribution in [2.24, 2.45) is 11.8 Å². The number of rotatable bonds is 2. The minimum Gasteiger partial charge on any atom is -0.289 e.